The Bertz CT molecular complexity index is 344. The van der Waals surface area contributed by atoms with Gasteiger partial charge in [-0.3, -0.25) is 9.59 Å². The van der Waals surface area contributed by atoms with E-state index in [-0.39, 0.29) is 18.4 Å². The molecule has 2 amide bonds. The molecule has 1 aliphatic carbocycles. The molecule has 0 aromatic carbocycles. The van der Waals surface area contributed by atoms with Gasteiger partial charge in [-0.2, -0.15) is 0 Å². The normalized spacial score (nSPS) is 16.0. The molecule has 5 nitrogen and oxygen atoms in total. The molecule has 0 aromatic heterocycles. The molecule has 0 bridgehead atoms. The molecule has 0 atom stereocenters. The van der Waals surface area contributed by atoms with E-state index in [1.54, 1.807) is 0 Å². The van der Waals surface area contributed by atoms with Gasteiger partial charge in [0.25, 0.3) is 0 Å². The van der Waals surface area contributed by atoms with Gasteiger partial charge in [0.15, 0.2) is 0 Å². The Morgan fingerprint density at radius 1 is 1.24 bits per heavy atom. The van der Waals surface area contributed by atoms with Crippen molar-refractivity contribution in [1.29, 1.82) is 0 Å². The Hall–Kier alpha value is -1.10. The molecular formula is C16H30N2O3. The zero-order valence-corrected chi connectivity index (χ0v) is 13.7. The second-order valence-electron chi connectivity index (χ2n) is 6.86. The molecule has 1 rings (SSSR count). The number of aliphatic hydroxyl groups is 1. The van der Waals surface area contributed by atoms with E-state index in [4.69, 9.17) is 5.11 Å². The van der Waals surface area contributed by atoms with E-state index in [0.717, 1.165) is 12.8 Å². The zero-order chi connectivity index (χ0) is 15.9. The Morgan fingerprint density at radius 3 is 2.38 bits per heavy atom. The first-order valence-electron chi connectivity index (χ1n) is 8.05. The van der Waals surface area contributed by atoms with Gasteiger partial charge < -0.3 is 15.3 Å². The minimum absolute atomic E-state index is 0.0120. The van der Waals surface area contributed by atoms with Gasteiger partial charge in [-0.15, -0.1) is 0 Å². The van der Waals surface area contributed by atoms with Crippen LogP contribution in [0.15, 0.2) is 0 Å². The monoisotopic (exact) mass is 298 g/mol. The standard InChI is InChI=1S/C16H30N2O3/c1-16(2,3)15(21)17-10-6-9-14(20)18(11-12-19)13-7-4-5-8-13/h13,19H,4-12H2,1-3H3,(H,17,21). The predicted molar refractivity (Wildman–Crippen MR) is 82.8 cm³/mol. The van der Waals surface area contributed by atoms with Crippen molar-refractivity contribution in [3.63, 3.8) is 0 Å². The van der Waals surface area contributed by atoms with Crippen LogP contribution in [0.2, 0.25) is 0 Å². The van der Waals surface area contributed by atoms with E-state index >= 15 is 0 Å². The maximum Gasteiger partial charge on any atom is 0.225 e. The van der Waals surface area contributed by atoms with E-state index in [1.165, 1.54) is 12.8 Å². The third-order valence-electron chi connectivity index (χ3n) is 3.96. The second kappa shape index (κ2) is 8.37. The van der Waals surface area contributed by atoms with Crippen LogP contribution in [0.4, 0.5) is 0 Å². The number of hydrogen-bond acceptors (Lipinski definition) is 3. The molecule has 122 valence electrons. The summed E-state index contributed by atoms with van der Waals surface area (Å²) >= 11 is 0. The number of carbonyl (C=O) groups is 2. The lowest BCUT2D eigenvalue weighted by Crippen LogP contribution is -2.41. The van der Waals surface area contributed by atoms with Gasteiger partial charge in [0, 0.05) is 31.0 Å². The number of nitrogens with zero attached hydrogens (tertiary/aromatic N) is 1. The Morgan fingerprint density at radius 2 is 1.86 bits per heavy atom. The first-order valence-corrected chi connectivity index (χ1v) is 8.05. The van der Waals surface area contributed by atoms with Crippen molar-refractivity contribution in [1.82, 2.24) is 10.2 Å². The van der Waals surface area contributed by atoms with Crippen molar-refractivity contribution in [2.24, 2.45) is 5.41 Å². The molecule has 0 spiro atoms. The number of rotatable bonds is 7. The summed E-state index contributed by atoms with van der Waals surface area (Å²) in [5.74, 6) is 0.110. The molecule has 1 saturated carbocycles. The topological polar surface area (TPSA) is 69.6 Å². The maximum absolute atomic E-state index is 12.3. The smallest absolute Gasteiger partial charge is 0.225 e. The third kappa shape index (κ3) is 6.04. The molecule has 0 radical (unpaired) electrons. The number of carbonyl (C=O) groups excluding carboxylic acids is 2. The fourth-order valence-electron chi connectivity index (χ4n) is 2.68. The highest BCUT2D eigenvalue weighted by molar-refractivity contribution is 5.81. The summed E-state index contributed by atoms with van der Waals surface area (Å²) in [5, 5.41) is 12.0. The highest BCUT2D eigenvalue weighted by atomic mass is 16.3. The van der Waals surface area contributed by atoms with Crippen LogP contribution >= 0.6 is 0 Å². The van der Waals surface area contributed by atoms with Crippen LogP contribution in [0.3, 0.4) is 0 Å². The summed E-state index contributed by atoms with van der Waals surface area (Å²) in [5.41, 5.74) is -0.392. The first-order chi connectivity index (χ1) is 9.86. The minimum Gasteiger partial charge on any atom is -0.395 e. The predicted octanol–water partition coefficient (Wildman–Crippen LogP) is 1.69. The largest absolute Gasteiger partial charge is 0.395 e. The highest BCUT2D eigenvalue weighted by Crippen LogP contribution is 2.24. The molecule has 0 aliphatic heterocycles. The van der Waals surface area contributed by atoms with Gasteiger partial charge in [0.05, 0.1) is 6.61 Å². The number of hydrogen-bond donors (Lipinski definition) is 2. The zero-order valence-electron chi connectivity index (χ0n) is 13.7. The molecule has 5 heteroatoms. The van der Waals surface area contributed by atoms with Gasteiger partial charge in [-0.1, -0.05) is 33.6 Å². The summed E-state index contributed by atoms with van der Waals surface area (Å²) in [6, 6.07) is 0.300. The maximum atomic E-state index is 12.3. The van der Waals surface area contributed by atoms with Crippen LogP contribution in [-0.4, -0.2) is 47.6 Å². The van der Waals surface area contributed by atoms with Crippen LogP contribution in [0.1, 0.15) is 59.3 Å². The van der Waals surface area contributed by atoms with Crippen LogP contribution in [0, 0.1) is 5.41 Å². The highest BCUT2D eigenvalue weighted by Gasteiger charge is 2.26. The SMILES string of the molecule is CC(C)(C)C(=O)NCCCC(=O)N(CCO)C1CCCC1. The van der Waals surface area contributed by atoms with Gasteiger partial charge in [0.1, 0.15) is 0 Å². The summed E-state index contributed by atoms with van der Waals surface area (Å²) in [6.07, 6.45) is 5.51. The summed E-state index contributed by atoms with van der Waals surface area (Å²) in [7, 11) is 0. The molecule has 0 saturated heterocycles. The van der Waals surface area contributed by atoms with Gasteiger partial charge >= 0.3 is 0 Å². The quantitative estimate of drug-likeness (QED) is 0.703. The summed E-state index contributed by atoms with van der Waals surface area (Å²) in [6.45, 7) is 6.59. The van der Waals surface area contributed by atoms with Crippen LogP contribution < -0.4 is 5.32 Å². The van der Waals surface area contributed by atoms with Gasteiger partial charge in [0.2, 0.25) is 11.8 Å². The van der Waals surface area contributed by atoms with E-state index in [9.17, 15) is 9.59 Å². The van der Waals surface area contributed by atoms with Gasteiger partial charge in [-0.25, -0.2) is 0 Å². The van der Waals surface area contributed by atoms with E-state index < -0.39 is 5.41 Å². The molecule has 0 unspecified atom stereocenters. The van der Waals surface area contributed by atoms with Crippen LogP contribution in [-0.2, 0) is 9.59 Å². The van der Waals surface area contributed by atoms with Crippen molar-refractivity contribution in [2.75, 3.05) is 19.7 Å². The Balaban J connectivity index is 2.32. The average Bonchev–Trinajstić information content (AvgIpc) is 2.93. The lowest BCUT2D eigenvalue weighted by molar-refractivity contribution is -0.134. The molecule has 2 N–H and O–H groups in total. The lowest BCUT2D eigenvalue weighted by atomic mass is 9.96. The van der Waals surface area contributed by atoms with Crippen LogP contribution in [0.25, 0.3) is 0 Å². The molecule has 0 aromatic rings. The number of aliphatic hydroxyl groups excluding tert-OH is 1. The fraction of sp³-hybridized carbons (Fsp3) is 0.875. The van der Waals surface area contributed by atoms with Crippen molar-refractivity contribution in [3.05, 3.63) is 0 Å². The Kier molecular flexibility index (Phi) is 7.15. The summed E-state index contributed by atoms with van der Waals surface area (Å²) in [4.78, 5) is 25.8. The first kappa shape index (κ1) is 18.0. The van der Waals surface area contributed by atoms with Crippen molar-refractivity contribution in [2.45, 2.75) is 65.3 Å². The fourth-order valence-corrected chi connectivity index (χ4v) is 2.68. The molecule has 21 heavy (non-hydrogen) atoms. The van der Waals surface area contributed by atoms with Crippen LogP contribution in [0.5, 0.6) is 0 Å². The third-order valence-corrected chi connectivity index (χ3v) is 3.96. The molecule has 1 aliphatic rings. The molecular weight excluding hydrogens is 268 g/mol. The van der Waals surface area contributed by atoms with Crippen molar-refractivity contribution < 1.29 is 14.7 Å². The van der Waals surface area contributed by atoms with E-state index in [0.29, 0.717) is 32.0 Å². The minimum atomic E-state index is -0.392. The molecule has 0 heterocycles. The van der Waals surface area contributed by atoms with E-state index in [1.807, 2.05) is 25.7 Å². The second-order valence-corrected chi connectivity index (χ2v) is 6.86. The Labute approximate surface area is 128 Å². The number of amides is 2. The number of nitrogens with one attached hydrogen (secondary N) is 1. The summed E-state index contributed by atoms with van der Waals surface area (Å²) < 4.78 is 0. The van der Waals surface area contributed by atoms with E-state index in [2.05, 4.69) is 5.32 Å². The average molecular weight is 298 g/mol. The lowest BCUT2D eigenvalue weighted by Gasteiger charge is -2.28. The van der Waals surface area contributed by atoms with Gasteiger partial charge in [-0.05, 0) is 19.3 Å². The molecule has 1 fully saturated rings. The van der Waals surface area contributed by atoms with Crippen molar-refractivity contribution in [3.8, 4) is 0 Å². The van der Waals surface area contributed by atoms with Crippen molar-refractivity contribution >= 4 is 11.8 Å².